The third-order valence-electron chi connectivity index (χ3n) is 8.95. The summed E-state index contributed by atoms with van der Waals surface area (Å²) in [6.45, 7) is 6.13. The summed E-state index contributed by atoms with van der Waals surface area (Å²) in [4.78, 5) is 25.6. The summed E-state index contributed by atoms with van der Waals surface area (Å²) in [5.74, 6) is -0.169. The summed E-state index contributed by atoms with van der Waals surface area (Å²) in [5.41, 5.74) is 2.25. The van der Waals surface area contributed by atoms with E-state index in [-0.39, 0.29) is 29.9 Å². The fourth-order valence-corrected chi connectivity index (χ4v) is 7.19. The number of benzene rings is 1. The molecule has 1 saturated carbocycles. The Labute approximate surface area is 208 Å². The summed E-state index contributed by atoms with van der Waals surface area (Å²) in [7, 11) is 0. The quantitative estimate of drug-likeness (QED) is 0.278. The molecule has 3 fully saturated rings. The van der Waals surface area contributed by atoms with Crippen LogP contribution in [0.5, 0.6) is 0 Å². The lowest BCUT2D eigenvalue weighted by molar-refractivity contribution is -0.229. The zero-order valence-electron chi connectivity index (χ0n) is 21.3. The van der Waals surface area contributed by atoms with Crippen LogP contribution in [0.4, 0.5) is 0 Å². The first-order valence-corrected chi connectivity index (χ1v) is 13.4. The molecule has 2 saturated heterocycles. The third-order valence-corrected chi connectivity index (χ3v) is 8.95. The van der Waals surface area contributed by atoms with Crippen LogP contribution >= 0.6 is 0 Å². The van der Waals surface area contributed by atoms with Crippen LogP contribution in [-0.4, -0.2) is 35.3 Å². The van der Waals surface area contributed by atoms with Crippen molar-refractivity contribution in [3.05, 3.63) is 53.1 Å². The number of carbonyl (C=O) groups is 2. The van der Waals surface area contributed by atoms with Crippen molar-refractivity contribution in [2.75, 3.05) is 0 Å². The van der Waals surface area contributed by atoms with Gasteiger partial charge in [0, 0.05) is 24.8 Å². The van der Waals surface area contributed by atoms with E-state index in [1.165, 1.54) is 23.6 Å². The molecule has 2 heterocycles. The lowest BCUT2D eigenvalue weighted by atomic mass is 9.69. The topological polar surface area (TPSA) is 61.8 Å². The molecule has 5 rings (SSSR count). The Hall–Kier alpha value is -2.40. The van der Waals surface area contributed by atoms with Crippen LogP contribution in [0.1, 0.15) is 84.1 Å². The van der Waals surface area contributed by atoms with Gasteiger partial charge in [0.1, 0.15) is 17.3 Å². The monoisotopic (exact) mass is 478 g/mol. The minimum Gasteiger partial charge on any atom is -0.459 e. The number of fused-ring (bicyclic) bond motifs is 4. The summed E-state index contributed by atoms with van der Waals surface area (Å²) >= 11 is 0. The number of esters is 2. The van der Waals surface area contributed by atoms with Crippen LogP contribution in [0, 0.1) is 11.8 Å². The molecule has 4 aliphatic rings. The smallest absolute Gasteiger partial charge is 0.331 e. The van der Waals surface area contributed by atoms with E-state index in [1.807, 2.05) is 37.3 Å². The van der Waals surface area contributed by atoms with Crippen LogP contribution in [0.2, 0.25) is 0 Å². The Bertz CT molecular complexity index is 1020. The Morgan fingerprint density at radius 2 is 1.83 bits per heavy atom. The zero-order valence-corrected chi connectivity index (χ0v) is 21.3. The average molecular weight is 479 g/mol. The van der Waals surface area contributed by atoms with Crippen molar-refractivity contribution in [3.8, 4) is 0 Å². The van der Waals surface area contributed by atoms with E-state index in [4.69, 9.17) is 14.2 Å². The number of hydrogen-bond donors (Lipinski definition) is 0. The van der Waals surface area contributed by atoms with Gasteiger partial charge in [0.25, 0.3) is 0 Å². The molecular formula is C30H38O5. The maximum Gasteiger partial charge on any atom is 0.331 e. The minimum atomic E-state index is -0.651. The van der Waals surface area contributed by atoms with Gasteiger partial charge < -0.3 is 14.2 Å². The summed E-state index contributed by atoms with van der Waals surface area (Å²) < 4.78 is 19.5. The first-order valence-electron chi connectivity index (χ1n) is 13.4. The Kier molecular flexibility index (Phi) is 6.65. The molecule has 35 heavy (non-hydrogen) atoms. The van der Waals surface area contributed by atoms with Crippen molar-refractivity contribution in [1.29, 1.82) is 0 Å². The van der Waals surface area contributed by atoms with Gasteiger partial charge in [-0.3, -0.25) is 4.79 Å². The fourth-order valence-electron chi connectivity index (χ4n) is 7.19. The van der Waals surface area contributed by atoms with E-state index in [9.17, 15) is 9.59 Å². The molecule has 1 aromatic carbocycles. The number of carbonyl (C=O) groups excluding carboxylic acids is 2. The van der Waals surface area contributed by atoms with Crippen LogP contribution in [-0.2, 0) is 23.8 Å². The van der Waals surface area contributed by atoms with Crippen molar-refractivity contribution in [2.45, 2.75) is 102 Å². The predicted molar refractivity (Wildman–Crippen MR) is 134 cm³/mol. The highest BCUT2D eigenvalue weighted by atomic mass is 16.6. The maximum absolute atomic E-state index is 13.2. The molecular weight excluding hydrogens is 440 g/mol. The first kappa shape index (κ1) is 24.3. The van der Waals surface area contributed by atoms with Gasteiger partial charge in [-0.15, -0.1) is 0 Å². The van der Waals surface area contributed by atoms with E-state index in [0.717, 1.165) is 44.1 Å². The van der Waals surface area contributed by atoms with Crippen molar-refractivity contribution in [3.63, 3.8) is 0 Å². The number of allylic oxidation sites excluding steroid dienone is 1. The van der Waals surface area contributed by atoms with E-state index in [0.29, 0.717) is 12.8 Å². The molecule has 5 unspecified atom stereocenters. The summed E-state index contributed by atoms with van der Waals surface area (Å²) in [5, 5.41) is 0. The Balaban J connectivity index is 1.52. The van der Waals surface area contributed by atoms with E-state index < -0.39 is 17.3 Å². The van der Waals surface area contributed by atoms with E-state index >= 15 is 0 Å². The minimum absolute atomic E-state index is 0.0901. The first-order chi connectivity index (χ1) is 16.9. The van der Waals surface area contributed by atoms with Gasteiger partial charge >= 0.3 is 11.9 Å². The molecule has 5 heteroatoms. The molecule has 2 aliphatic carbocycles. The normalized spacial score (nSPS) is 34.8. The molecule has 188 valence electrons. The standard InChI is InChI=1S/C30H38O5/c1-4-25(31)33-24-19-30(22-13-9-6-10-14-22)28(27-20(2)15-17-23(27)29(24,3)35-30)34-26(32)18-16-21-11-7-5-8-12-21/h5,7-8,11-12,16,18,22-24,28H,4,6,9-10,13-15,17,19H2,1-3H3/b18-16+. The molecule has 2 bridgehead atoms. The van der Waals surface area contributed by atoms with Gasteiger partial charge in [-0.2, -0.15) is 0 Å². The third kappa shape index (κ3) is 4.26. The lowest BCUT2D eigenvalue weighted by Gasteiger charge is -2.52. The summed E-state index contributed by atoms with van der Waals surface area (Å²) in [6, 6.07) is 9.79. The van der Waals surface area contributed by atoms with Crippen molar-refractivity contribution in [1.82, 2.24) is 0 Å². The Morgan fingerprint density at radius 3 is 2.54 bits per heavy atom. The average Bonchev–Trinajstić information content (AvgIpc) is 3.39. The molecule has 0 N–H and O–H groups in total. The van der Waals surface area contributed by atoms with Crippen LogP contribution in [0.15, 0.2) is 47.6 Å². The van der Waals surface area contributed by atoms with Crippen molar-refractivity contribution < 1.29 is 23.8 Å². The van der Waals surface area contributed by atoms with Gasteiger partial charge in [-0.05, 0) is 62.7 Å². The van der Waals surface area contributed by atoms with E-state index in [1.54, 1.807) is 6.08 Å². The number of ether oxygens (including phenoxy) is 3. The molecule has 0 spiro atoms. The zero-order chi connectivity index (χ0) is 24.6. The molecule has 2 aliphatic heterocycles. The lowest BCUT2D eigenvalue weighted by Crippen LogP contribution is -2.59. The molecule has 5 atom stereocenters. The number of rotatable bonds is 6. The SMILES string of the molecule is CCC(=O)OC1CC2(C3CCCCC3)OC1(C)C1CCC(C)=C1C2OC(=O)/C=C/c1ccccc1. The van der Waals surface area contributed by atoms with Gasteiger partial charge in [-0.25, -0.2) is 4.79 Å². The number of hydrogen-bond acceptors (Lipinski definition) is 5. The van der Waals surface area contributed by atoms with Gasteiger partial charge in [0.05, 0.1) is 0 Å². The second kappa shape index (κ2) is 9.57. The molecule has 0 amide bonds. The van der Waals surface area contributed by atoms with Gasteiger partial charge in [0.15, 0.2) is 6.10 Å². The second-order valence-electron chi connectivity index (χ2n) is 11.0. The molecule has 5 nitrogen and oxygen atoms in total. The van der Waals surface area contributed by atoms with E-state index in [2.05, 4.69) is 13.8 Å². The van der Waals surface area contributed by atoms with Crippen LogP contribution in [0.25, 0.3) is 6.08 Å². The molecule has 0 radical (unpaired) electrons. The van der Waals surface area contributed by atoms with Crippen molar-refractivity contribution >= 4 is 18.0 Å². The molecule has 1 aromatic rings. The highest BCUT2D eigenvalue weighted by molar-refractivity contribution is 5.87. The van der Waals surface area contributed by atoms with Crippen molar-refractivity contribution in [2.24, 2.45) is 11.8 Å². The largest absolute Gasteiger partial charge is 0.459 e. The highest BCUT2D eigenvalue weighted by Crippen LogP contribution is 2.63. The van der Waals surface area contributed by atoms with Gasteiger partial charge in [-0.1, -0.05) is 62.1 Å². The Morgan fingerprint density at radius 1 is 1.09 bits per heavy atom. The fraction of sp³-hybridized carbons (Fsp3) is 0.600. The molecule has 0 aromatic heterocycles. The van der Waals surface area contributed by atoms with Gasteiger partial charge in [0.2, 0.25) is 0 Å². The maximum atomic E-state index is 13.2. The van der Waals surface area contributed by atoms with Crippen LogP contribution < -0.4 is 0 Å². The highest BCUT2D eigenvalue weighted by Gasteiger charge is 2.71. The predicted octanol–water partition coefficient (Wildman–Crippen LogP) is 6.17. The van der Waals surface area contributed by atoms with Crippen LogP contribution in [0.3, 0.4) is 0 Å². The summed E-state index contributed by atoms with van der Waals surface area (Å²) in [6.07, 6.45) is 11.0. The second-order valence-corrected chi connectivity index (χ2v) is 11.0.